The SMILES string of the molecule is COCCOc1cc2ncn(C3CC(O)C(CO)O3)c2cc1OCCOC. The Morgan fingerprint density at radius 1 is 1.11 bits per heavy atom. The number of hydrogen-bond donors (Lipinski definition) is 2. The van der Waals surface area contributed by atoms with Crippen molar-refractivity contribution in [3.8, 4) is 11.5 Å². The highest BCUT2D eigenvalue weighted by atomic mass is 16.6. The van der Waals surface area contributed by atoms with E-state index < -0.39 is 18.4 Å². The molecule has 0 spiro atoms. The number of benzene rings is 1. The first-order valence-electron chi connectivity index (χ1n) is 8.86. The second-order valence-corrected chi connectivity index (χ2v) is 6.24. The molecule has 1 saturated heterocycles. The van der Waals surface area contributed by atoms with Crippen LogP contribution in [0.15, 0.2) is 18.5 Å². The maximum Gasteiger partial charge on any atom is 0.163 e. The van der Waals surface area contributed by atoms with Crippen LogP contribution in [0.25, 0.3) is 11.0 Å². The van der Waals surface area contributed by atoms with Gasteiger partial charge in [-0.05, 0) is 0 Å². The smallest absolute Gasteiger partial charge is 0.163 e. The predicted molar refractivity (Wildman–Crippen MR) is 96.1 cm³/mol. The average molecular weight is 382 g/mol. The lowest BCUT2D eigenvalue weighted by molar-refractivity contribution is -0.0430. The van der Waals surface area contributed by atoms with Crippen molar-refractivity contribution in [1.29, 1.82) is 0 Å². The van der Waals surface area contributed by atoms with Gasteiger partial charge in [-0.25, -0.2) is 4.98 Å². The highest BCUT2D eigenvalue weighted by Gasteiger charge is 2.35. The van der Waals surface area contributed by atoms with E-state index in [4.69, 9.17) is 23.7 Å². The fraction of sp³-hybridized carbons (Fsp3) is 0.611. The molecule has 0 radical (unpaired) electrons. The predicted octanol–water partition coefficient (Wildman–Crippen LogP) is 0.727. The van der Waals surface area contributed by atoms with Gasteiger partial charge in [0.15, 0.2) is 11.5 Å². The third-order valence-corrected chi connectivity index (χ3v) is 4.42. The zero-order valence-electron chi connectivity index (χ0n) is 15.5. The van der Waals surface area contributed by atoms with Crippen molar-refractivity contribution in [1.82, 2.24) is 9.55 Å². The summed E-state index contributed by atoms with van der Waals surface area (Å²) in [6, 6.07) is 3.64. The molecule has 1 aliphatic rings. The second-order valence-electron chi connectivity index (χ2n) is 6.24. The molecule has 1 aliphatic heterocycles. The molecule has 0 aliphatic carbocycles. The number of aliphatic hydroxyl groups is 2. The Kier molecular flexibility index (Phi) is 6.86. The minimum absolute atomic E-state index is 0.229. The number of ether oxygens (including phenoxy) is 5. The average Bonchev–Trinajstić information content (AvgIpc) is 3.24. The zero-order valence-corrected chi connectivity index (χ0v) is 15.5. The van der Waals surface area contributed by atoms with E-state index in [0.29, 0.717) is 49.9 Å². The van der Waals surface area contributed by atoms with Crippen LogP contribution in [-0.2, 0) is 14.2 Å². The maximum atomic E-state index is 10.0. The van der Waals surface area contributed by atoms with E-state index in [9.17, 15) is 10.2 Å². The first-order chi connectivity index (χ1) is 13.2. The molecule has 3 unspecified atom stereocenters. The molecular weight excluding hydrogens is 356 g/mol. The molecular formula is C18H26N2O7. The third kappa shape index (κ3) is 4.50. The second kappa shape index (κ2) is 9.34. The van der Waals surface area contributed by atoms with Crippen LogP contribution in [0.3, 0.4) is 0 Å². The molecule has 9 nitrogen and oxygen atoms in total. The van der Waals surface area contributed by atoms with Gasteiger partial charge < -0.3 is 38.5 Å². The van der Waals surface area contributed by atoms with Gasteiger partial charge in [-0.1, -0.05) is 0 Å². The van der Waals surface area contributed by atoms with Crippen LogP contribution < -0.4 is 9.47 Å². The van der Waals surface area contributed by atoms with Gasteiger partial charge in [0.1, 0.15) is 25.5 Å². The van der Waals surface area contributed by atoms with Crippen LogP contribution in [0, 0.1) is 0 Å². The monoisotopic (exact) mass is 382 g/mol. The van der Waals surface area contributed by atoms with Crippen LogP contribution >= 0.6 is 0 Å². The number of methoxy groups -OCH3 is 2. The van der Waals surface area contributed by atoms with E-state index >= 15 is 0 Å². The fourth-order valence-electron chi connectivity index (χ4n) is 3.01. The maximum absolute atomic E-state index is 10.0. The van der Waals surface area contributed by atoms with E-state index in [1.807, 2.05) is 10.6 Å². The van der Waals surface area contributed by atoms with Gasteiger partial charge in [-0.15, -0.1) is 0 Å². The van der Waals surface area contributed by atoms with Gasteiger partial charge in [-0.3, -0.25) is 0 Å². The Hall–Kier alpha value is -1.91. The molecule has 0 saturated carbocycles. The van der Waals surface area contributed by atoms with E-state index in [0.717, 1.165) is 5.52 Å². The molecule has 0 bridgehead atoms. The molecule has 150 valence electrons. The Labute approximate surface area is 157 Å². The third-order valence-electron chi connectivity index (χ3n) is 4.42. The van der Waals surface area contributed by atoms with Crippen LogP contribution in [0.5, 0.6) is 11.5 Å². The number of aliphatic hydroxyl groups excluding tert-OH is 2. The zero-order chi connectivity index (χ0) is 19.2. The Morgan fingerprint density at radius 3 is 2.37 bits per heavy atom. The van der Waals surface area contributed by atoms with Crippen molar-refractivity contribution in [3.05, 3.63) is 18.5 Å². The largest absolute Gasteiger partial charge is 0.487 e. The van der Waals surface area contributed by atoms with Gasteiger partial charge in [0.05, 0.1) is 43.3 Å². The number of nitrogens with zero attached hydrogens (tertiary/aromatic N) is 2. The molecule has 9 heteroatoms. The normalized spacial score (nSPS) is 22.4. The highest BCUT2D eigenvalue weighted by Crippen LogP contribution is 2.36. The lowest BCUT2D eigenvalue weighted by Crippen LogP contribution is -2.24. The number of fused-ring (bicyclic) bond motifs is 1. The lowest BCUT2D eigenvalue weighted by atomic mass is 10.2. The molecule has 2 heterocycles. The van der Waals surface area contributed by atoms with Crippen molar-refractivity contribution in [2.45, 2.75) is 24.9 Å². The molecule has 0 amide bonds. The van der Waals surface area contributed by atoms with Gasteiger partial charge in [0.2, 0.25) is 0 Å². The summed E-state index contributed by atoms with van der Waals surface area (Å²) in [7, 11) is 3.22. The molecule has 2 aromatic rings. The lowest BCUT2D eigenvalue weighted by Gasteiger charge is -2.16. The summed E-state index contributed by atoms with van der Waals surface area (Å²) in [5, 5.41) is 19.3. The summed E-state index contributed by atoms with van der Waals surface area (Å²) in [4.78, 5) is 4.41. The Morgan fingerprint density at radius 2 is 1.78 bits per heavy atom. The Bertz CT molecular complexity index is 736. The number of hydrogen-bond acceptors (Lipinski definition) is 8. The van der Waals surface area contributed by atoms with Crippen molar-refractivity contribution in [3.63, 3.8) is 0 Å². The summed E-state index contributed by atoms with van der Waals surface area (Å²) >= 11 is 0. The summed E-state index contributed by atoms with van der Waals surface area (Å²) < 4.78 is 29.2. The summed E-state index contributed by atoms with van der Waals surface area (Å²) in [6.07, 6.45) is 0.310. The number of aromatic nitrogens is 2. The first-order valence-corrected chi connectivity index (χ1v) is 8.86. The quantitative estimate of drug-likeness (QED) is 0.580. The molecule has 3 rings (SSSR count). The van der Waals surface area contributed by atoms with Crippen molar-refractivity contribution < 1.29 is 33.9 Å². The van der Waals surface area contributed by atoms with Gasteiger partial charge in [-0.2, -0.15) is 0 Å². The molecule has 1 fully saturated rings. The van der Waals surface area contributed by atoms with Crippen molar-refractivity contribution in [2.24, 2.45) is 0 Å². The topological polar surface area (TPSA) is 104 Å². The minimum Gasteiger partial charge on any atom is -0.487 e. The fourth-order valence-corrected chi connectivity index (χ4v) is 3.01. The standard InChI is InChI=1S/C18H26N2O7/c1-23-3-5-25-15-7-12-13(8-16(15)26-6-4-24-2)20(11-19-12)18-9-14(22)17(10-21)27-18/h7-8,11,14,17-18,21-22H,3-6,9-10H2,1-2H3. The summed E-state index contributed by atoms with van der Waals surface area (Å²) in [5.74, 6) is 1.14. The molecule has 1 aromatic heterocycles. The first kappa shape index (κ1) is 19.8. The molecule has 1 aromatic carbocycles. The van der Waals surface area contributed by atoms with Crippen molar-refractivity contribution in [2.75, 3.05) is 47.3 Å². The van der Waals surface area contributed by atoms with E-state index in [1.54, 1.807) is 26.6 Å². The van der Waals surface area contributed by atoms with Crippen molar-refractivity contribution >= 4 is 11.0 Å². The van der Waals surface area contributed by atoms with Gasteiger partial charge in [0, 0.05) is 32.8 Å². The van der Waals surface area contributed by atoms with E-state index in [2.05, 4.69) is 4.98 Å². The van der Waals surface area contributed by atoms with Crippen LogP contribution in [0.2, 0.25) is 0 Å². The molecule has 2 N–H and O–H groups in total. The number of rotatable bonds is 10. The molecule has 27 heavy (non-hydrogen) atoms. The van der Waals surface area contributed by atoms with Crippen LogP contribution in [0.1, 0.15) is 12.6 Å². The van der Waals surface area contributed by atoms with Crippen LogP contribution in [0.4, 0.5) is 0 Å². The van der Waals surface area contributed by atoms with E-state index in [-0.39, 0.29) is 6.61 Å². The van der Waals surface area contributed by atoms with E-state index in [1.165, 1.54) is 0 Å². The summed E-state index contributed by atoms with van der Waals surface area (Å²) in [5.41, 5.74) is 1.50. The van der Waals surface area contributed by atoms with Gasteiger partial charge >= 0.3 is 0 Å². The number of imidazole rings is 1. The minimum atomic E-state index is -0.716. The summed E-state index contributed by atoms with van der Waals surface area (Å²) in [6.45, 7) is 1.44. The highest BCUT2D eigenvalue weighted by molar-refractivity contribution is 5.80. The Balaban J connectivity index is 1.88. The van der Waals surface area contributed by atoms with Gasteiger partial charge in [0.25, 0.3) is 0 Å². The van der Waals surface area contributed by atoms with Crippen LogP contribution in [-0.4, -0.2) is 79.2 Å². The molecule has 3 atom stereocenters.